The minimum atomic E-state index is -2.81. The highest BCUT2D eigenvalue weighted by molar-refractivity contribution is 6.00. The first-order valence-corrected chi connectivity index (χ1v) is 11.4. The normalized spacial score (nSPS) is 13.0. The van der Waals surface area contributed by atoms with Crippen molar-refractivity contribution in [3.8, 4) is 11.5 Å². The van der Waals surface area contributed by atoms with Gasteiger partial charge in [-0.25, -0.2) is 8.78 Å². The maximum Gasteiger partial charge on any atom is 0.264 e. The highest BCUT2D eigenvalue weighted by Crippen LogP contribution is 2.36. The molecule has 0 spiro atoms. The number of aromatic hydroxyl groups is 1. The molecule has 0 saturated carbocycles. The number of hydrogen-bond acceptors (Lipinski definition) is 5. The lowest BCUT2D eigenvalue weighted by Crippen LogP contribution is -2.36. The average Bonchev–Trinajstić information content (AvgIpc) is 2.87. The van der Waals surface area contributed by atoms with Crippen LogP contribution in [0.2, 0.25) is 0 Å². The zero-order valence-corrected chi connectivity index (χ0v) is 19.5. The van der Waals surface area contributed by atoms with Gasteiger partial charge in [-0.15, -0.1) is 0 Å². The first-order chi connectivity index (χ1) is 17.0. The van der Waals surface area contributed by atoms with E-state index in [-0.39, 0.29) is 17.9 Å². The molecule has 0 bridgehead atoms. The van der Waals surface area contributed by atoms with Crippen molar-refractivity contribution in [1.29, 1.82) is 0 Å². The van der Waals surface area contributed by atoms with Gasteiger partial charge < -0.3 is 24.8 Å². The van der Waals surface area contributed by atoms with E-state index >= 15 is 0 Å². The van der Waals surface area contributed by atoms with E-state index < -0.39 is 23.6 Å². The molecule has 1 aliphatic heterocycles. The SMILES string of the molecule is COCCNc1cccc2c1CN(C(=O)c1c(O)cc(C(F)F)cc1OCc1ccccc1)CC2. The van der Waals surface area contributed by atoms with Gasteiger partial charge in [-0.05, 0) is 41.3 Å². The summed E-state index contributed by atoms with van der Waals surface area (Å²) in [6, 6.07) is 17.2. The summed E-state index contributed by atoms with van der Waals surface area (Å²) in [6.45, 7) is 1.98. The van der Waals surface area contributed by atoms with E-state index in [0.717, 1.165) is 34.5 Å². The van der Waals surface area contributed by atoms with E-state index in [1.807, 2.05) is 48.5 Å². The Morgan fingerprint density at radius 1 is 1.14 bits per heavy atom. The quantitative estimate of drug-likeness (QED) is 0.412. The zero-order chi connectivity index (χ0) is 24.8. The van der Waals surface area contributed by atoms with Crippen LogP contribution in [0.25, 0.3) is 0 Å². The largest absolute Gasteiger partial charge is 0.507 e. The van der Waals surface area contributed by atoms with E-state index in [9.17, 15) is 18.7 Å². The number of carbonyl (C=O) groups excluding carboxylic acids is 1. The molecule has 35 heavy (non-hydrogen) atoms. The Morgan fingerprint density at radius 3 is 2.69 bits per heavy atom. The van der Waals surface area contributed by atoms with E-state index in [0.29, 0.717) is 32.7 Å². The number of alkyl halides is 2. The molecule has 0 aromatic heterocycles. The van der Waals surface area contributed by atoms with Crippen LogP contribution in [0, 0.1) is 0 Å². The van der Waals surface area contributed by atoms with Crippen LogP contribution in [0.4, 0.5) is 14.5 Å². The summed E-state index contributed by atoms with van der Waals surface area (Å²) in [6.07, 6.45) is -2.18. The molecule has 0 unspecified atom stereocenters. The number of amides is 1. The fourth-order valence-corrected chi connectivity index (χ4v) is 4.18. The zero-order valence-electron chi connectivity index (χ0n) is 19.5. The second kappa shape index (κ2) is 11.2. The molecule has 0 radical (unpaired) electrons. The van der Waals surface area contributed by atoms with Crippen molar-refractivity contribution >= 4 is 11.6 Å². The van der Waals surface area contributed by atoms with Crippen molar-refractivity contribution in [3.05, 3.63) is 88.5 Å². The van der Waals surface area contributed by atoms with Crippen LogP contribution in [0.3, 0.4) is 0 Å². The summed E-state index contributed by atoms with van der Waals surface area (Å²) < 4.78 is 37.8. The van der Waals surface area contributed by atoms with Crippen LogP contribution in [-0.2, 0) is 24.3 Å². The monoisotopic (exact) mass is 482 g/mol. The smallest absolute Gasteiger partial charge is 0.264 e. The fourth-order valence-electron chi connectivity index (χ4n) is 4.18. The molecule has 8 heteroatoms. The maximum atomic E-state index is 13.6. The third kappa shape index (κ3) is 5.71. The Labute approximate surface area is 203 Å². The number of phenols is 1. The number of nitrogens with one attached hydrogen (secondary N) is 1. The number of ether oxygens (including phenoxy) is 2. The number of fused-ring (bicyclic) bond motifs is 1. The number of phenolic OH excluding ortho intramolecular Hbond substituents is 1. The van der Waals surface area contributed by atoms with Gasteiger partial charge in [0.05, 0.1) is 6.61 Å². The van der Waals surface area contributed by atoms with Crippen molar-refractivity contribution in [2.75, 3.05) is 32.1 Å². The van der Waals surface area contributed by atoms with Gasteiger partial charge in [-0.2, -0.15) is 0 Å². The first kappa shape index (κ1) is 24.5. The van der Waals surface area contributed by atoms with Crippen LogP contribution < -0.4 is 10.1 Å². The van der Waals surface area contributed by atoms with Crippen LogP contribution in [-0.4, -0.2) is 42.7 Å². The topological polar surface area (TPSA) is 71.0 Å². The molecule has 3 aromatic carbocycles. The van der Waals surface area contributed by atoms with Crippen LogP contribution >= 0.6 is 0 Å². The van der Waals surface area contributed by atoms with Gasteiger partial charge in [0.1, 0.15) is 23.7 Å². The number of anilines is 1. The molecular weight excluding hydrogens is 454 g/mol. The van der Waals surface area contributed by atoms with Crippen LogP contribution in [0.1, 0.15) is 39.0 Å². The lowest BCUT2D eigenvalue weighted by Gasteiger charge is -2.31. The highest BCUT2D eigenvalue weighted by Gasteiger charge is 2.29. The molecule has 2 N–H and O–H groups in total. The van der Waals surface area contributed by atoms with Gasteiger partial charge in [-0.1, -0.05) is 42.5 Å². The number of nitrogens with zero attached hydrogens (tertiary/aromatic N) is 1. The van der Waals surface area contributed by atoms with E-state index in [1.54, 1.807) is 12.0 Å². The number of halogens is 2. The second-order valence-corrected chi connectivity index (χ2v) is 8.33. The summed E-state index contributed by atoms with van der Waals surface area (Å²) in [5, 5.41) is 14.0. The number of carbonyl (C=O) groups is 1. The number of hydrogen-bond donors (Lipinski definition) is 2. The Hall–Kier alpha value is -3.65. The van der Waals surface area contributed by atoms with Gasteiger partial charge in [0.25, 0.3) is 12.3 Å². The fraction of sp³-hybridized carbons (Fsp3) is 0.296. The molecular formula is C27H28F2N2O4. The molecule has 0 aliphatic carbocycles. The van der Waals surface area contributed by atoms with Crippen molar-refractivity contribution in [2.24, 2.45) is 0 Å². The molecule has 184 valence electrons. The minimum absolute atomic E-state index is 0.0635. The lowest BCUT2D eigenvalue weighted by molar-refractivity contribution is 0.0726. The van der Waals surface area contributed by atoms with Gasteiger partial charge in [0.15, 0.2) is 0 Å². The van der Waals surface area contributed by atoms with E-state index in [2.05, 4.69) is 5.32 Å². The standard InChI is InChI=1S/C27H28F2N2O4/c1-34-13-11-30-22-9-5-8-19-10-12-31(16-21(19)22)27(33)25-23(32)14-20(26(28)29)15-24(25)35-17-18-6-3-2-4-7-18/h2-9,14-15,26,30,32H,10-13,16-17H2,1H3. The Bertz CT molecular complexity index is 1170. The predicted octanol–water partition coefficient (Wildman–Crippen LogP) is 5.17. The van der Waals surface area contributed by atoms with Crippen molar-refractivity contribution in [2.45, 2.75) is 26.0 Å². The number of methoxy groups -OCH3 is 1. The summed E-state index contributed by atoms with van der Waals surface area (Å²) in [7, 11) is 1.63. The molecule has 4 rings (SSSR count). The molecule has 0 fully saturated rings. The molecule has 3 aromatic rings. The first-order valence-electron chi connectivity index (χ1n) is 11.4. The maximum absolute atomic E-state index is 13.6. The molecule has 0 saturated heterocycles. The predicted molar refractivity (Wildman–Crippen MR) is 129 cm³/mol. The number of benzene rings is 3. The Kier molecular flexibility index (Phi) is 7.82. The number of rotatable bonds is 9. The highest BCUT2D eigenvalue weighted by atomic mass is 19.3. The third-order valence-corrected chi connectivity index (χ3v) is 5.99. The van der Waals surface area contributed by atoms with E-state index in [4.69, 9.17) is 9.47 Å². The Morgan fingerprint density at radius 2 is 1.94 bits per heavy atom. The second-order valence-electron chi connectivity index (χ2n) is 8.33. The van der Waals surface area contributed by atoms with Crippen molar-refractivity contribution < 1.29 is 28.2 Å². The molecule has 0 atom stereocenters. The molecule has 1 amide bonds. The molecule has 1 heterocycles. The summed E-state index contributed by atoms with van der Waals surface area (Å²) in [5.41, 5.74) is 3.32. The van der Waals surface area contributed by atoms with Gasteiger partial charge in [0.2, 0.25) is 0 Å². The van der Waals surface area contributed by atoms with Gasteiger partial charge in [0, 0.05) is 38.0 Å². The van der Waals surface area contributed by atoms with Gasteiger partial charge in [-0.3, -0.25) is 4.79 Å². The average molecular weight is 483 g/mol. The van der Waals surface area contributed by atoms with Crippen molar-refractivity contribution in [1.82, 2.24) is 4.90 Å². The van der Waals surface area contributed by atoms with Crippen molar-refractivity contribution in [3.63, 3.8) is 0 Å². The van der Waals surface area contributed by atoms with Crippen LogP contribution in [0.5, 0.6) is 11.5 Å². The molecule has 6 nitrogen and oxygen atoms in total. The van der Waals surface area contributed by atoms with E-state index in [1.165, 1.54) is 0 Å². The summed E-state index contributed by atoms with van der Waals surface area (Å²) >= 11 is 0. The molecule has 1 aliphatic rings. The minimum Gasteiger partial charge on any atom is -0.507 e. The third-order valence-electron chi connectivity index (χ3n) is 5.99. The summed E-state index contributed by atoms with van der Waals surface area (Å²) in [5.74, 6) is -1.05. The Balaban J connectivity index is 1.61. The lowest BCUT2D eigenvalue weighted by atomic mass is 9.97. The van der Waals surface area contributed by atoms with Crippen LogP contribution in [0.15, 0.2) is 60.7 Å². The van der Waals surface area contributed by atoms with Gasteiger partial charge >= 0.3 is 0 Å². The summed E-state index contributed by atoms with van der Waals surface area (Å²) in [4.78, 5) is 15.2.